The van der Waals surface area contributed by atoms with Crippen molar-refractivity contribution < 1.29 is 14.2 Å². The molecule has 5 nitrogen and oxygen atoms in total. The summed E-state index contributed by atoms with van der Waals surface area (Å²) >= 11 is 6.19. The van der Waals surface area contributed by atoms with Crippen molar-refractivity contribution in [3.63, 3.8) is 0 Å². The SMILES string of the molecule is COc1ccc(-c2cc(C)nc(Cl)c2C#N)c(OCCCOCc2ccccc2)c1. The van der Waals surface area contributed by atoms with Gasteiger partial charge >= 0.3 is 0 Å². The van der Waals surface area contributed by atoms with Gasteiger partial charge in [-0.25, -0.2) is 4.98 Å². The van der Waals surface area contributed by atoms with Crippen LogP contribution < -0.4 is 9.47 Å². The van der Waals surface area contributed by atoms with Crippen molar-refractivity contribution in [2.24, 2.45) is 0 Å². The van der Waals surface area contributed by atoms with E-state index in [1.807, 2.05) is 61.5 Å². The molecule has 0 N–H and O–H groups in total. The Morgan fingerprint density at radius 3 is 2.57 bits per heavy atom. The molecule has 0 unspecified atom stereocenters. The summed E-state index contributed by atoms with van der Waals surface area (Å²) in [6, 6.07) is 19.5. The van der Waals surface area contributed by atoms with Crippen LogP contribution in [-0.2, 0) is 11.3 Å². The summed E-state index contributed by atoms with van der Waals surface area (Å²) in [5.74, 6) is 1.29. The van der Waals surface area contributed by atoms with Gasteiger partial charge in [0.1, 0.15) is 22.7 Å². The van der Waals surface area contributed by atoms with Crippen molar-refractivity contribution in [1.29, 1.82) is 5.26 Å². The fraction of sp³-hybridized carbons (Fsp3) is 0.250. The number of hydrogen-bond donors (Lipinski definition) is 0. The number of nitrogens with zero attached hydrogens (tertiary/aromatic N) is 2. The molecule has 0 saturated carbocycles. The summed E-state index contributed by atoms with van der Waals surface area (Å²) in [6.07, 6.45) is 0.727. The zero-order valence-electron chi connectivity index (χ0n) is 17.0. The molecule has 0 radical (unpaired) electrons. The van der Waals surface area contributed by atoms with Crippen molar-refractivity contribution in [2.45, 2.75) is 20.0 Å². The molecule has 0 aliphatic heterocycles. The zero-order chi connectivity index (χ0) is 21.3. The number of ether oxygens (including phenoxy) is 3. The maximum atomic E-state index is 9.55. The molecule has 2 aromatic carbocycles. The van der Waals surface area contributed by atoms with E-state index in [-0.39, 0.29) is 5.15 Å². The Morgan fingerprint density at radius 1 is 1.03 bits per heavy atom. The molecular weight excluding hydrogens is 400 g/mol. The number of aromatic nitrogens is 1. The molecule has 3 rings (SSSR count). The molecule has 0 atom stereocenters. The first-order chi connectivity index (χ1) is 14.6. The number of benzene rings is 2. The first-order valence-electron chi connectivity index (χ1n) is 9.62. The number of aryl methyl sites for hydroxylation is 1. The van der Waals surface area contributed by atoms with E-state index in [1.54, 1.807) is 7.11 Å². The van der Waals surface area contributed by atoms with Crippen molar-refractivity contribution in [2.75, 3.05) is 20.3 Å². The highest BCUT2D eigenvalue weighted by Gasteiger charge is 2.16. The Balaban J connectivity index is 1.70. The van der Waals surface area contributed by atoms with Gasteiger partial charge in [0, 0.05) is 29.3 Å². The molecule has 0 amide bonds. The second kappa shape index (κ2) is 10.6. The number of halogens is 1. The van der Waals surface area contributed by atoms with E-state index in [2.05, 4.69) is 11.1 Å². The van der Waals surface area contributed by atoms with Gasteiger partial charge in [-0.15, -0.1) is 0 Å². The van der Waals surface area contributed by atoms with E-state index >= 15 is 0 Å². The second-order valence-electron chi connectivity index (χ2n) is 6.69. The lowest BCUT2D eigenvalue weighted by molar-refractivity contribution is 0.107. The Kier molecular flexibility index (Phi) is 7.67. The first-order valence-corrected chi connectivity index (χ1v) is 10.00. The molecular formula is C24H23ClN2O3. The van der Waals surface area contributed by atoms with Crippen LogP contribution in [0.4, 0.5) is 0 Å². The molecule has 30 heavy (non-hydrogen) atoms. The summed E-state index contributed by atoms with van der Waals surface area (Å²) in [5.41, 5.74) is 3.65. The number of methoxy groups -OCH3 is 1. The Hall–Kier alpha value is -3.07. The highest BCUT2D eigenvalue weighted by molar-refractivity contribution is 6.31. The third kappa shape index (κ3) is 5.50. The minimum absolute atomic E-state index is 0.184. The predicted octanol–water partition coefficient (Wildman–Crippen LogP) is 5.58. The summed E-state index contributed by atoms with van der Waals surface area (Å²) in [4.78, 5) is 4.18. The van der Waals surface area contributed by atoms with Crippen LogP contribution in [0.5, 0.6) is 11.5 Å². The van der Waals surface area contributed by atoms with Gasteiger partial charge in [0.2, 0.25) is 0 Å². The van der Waals surface area contributed by atoms with Crippen LogP contribution in [0.2, 0.25) is 5.15 Å². The summed E-state index contributed by atoms with van der Waals surface area (Å²) in [7, 11) is 1.60. The molecule has 0 aliphatic rings. The highest BCUT2D eigenvalue weighted by atomic mass is 35.5. The van der Waals surface area contributed by atoms with Gasteiger partial charge in [-0.2, -0.15) is 5.26 Å². The van der Waals surface area contributed by atoms with Crippen LogP contribution in [-0.4, -0.2) is 25.3 Å². The van der Waals surface area contributed by atoms with Crippen LogP contribution >= 0.6 is 11.6 Å². The molecule has 1 heterocycles. The molecule has 154 valence electrons. The van der Waals surface area contributed by atoms with Gasteiger partial charge in [0.15, 0.2) is 0 Å². The maximum Gasteiger partial charge on any atom is 0.147 e. The lowest BCUT2D eigenvalue weighted by Crippen LogP contribution is -2.05. The quantitative estimate of drug-likeness (QED) is 0.333. The topological polar surface area (TPSA) is 64.4 Å². The lowest BCUT2D eigenvalue weighted by atomic mass is 10.00. The van der Waals surface area contributed by atoms with Crippen molar-refractivity contribution in [1.82, 2.24) is 4.98 Å². The van der Waals surface area contributed by atoms with Crippen LogP contribution in [0.1, 0.15) is 23.2 Å². The largest absolute Gasteiger partial charge is 0.497 e. The van der Waals surface area contributed by atoms with E-state index in [9.17, 15) is 5.26 Å². The van der Waals surface area contributed by atoms with Crippen molar-refractivity contribution >= 4 is 11.6 Å². The van der Waals surface area contributed by atoms with E-state index in [0.717, 1.165) is 23.2 Å². The normalized spacial score (nSPS) is 10.5. The van der Waals surface area contributed by atoms with Gasteiger partial charge in [0.05, 0.1) is 32.5 Å². The third-order valence-corrected chi connectivity index (χ3v) is 4.77. The van der Waals surface area contributed by atoms with Gasteiger partial charge in [0.25, 0.3) is 0 Å². The van der Waals surface area contributed by atoms with E-state index in [0.29, 0.717) is 42.4 Å². The predicted molar refractivity (Wildman–Crippen MR) is 117 cm³/mol. The number of rotatable bonds is 9. The summed E-state index contributed by atoms with van der Waals surface area (Å²) in [6.45, 7) is 3.46. The Morgan fingerprint density at radius 2 is 1.83 bits per heavy atom. The average Bonchev–Trinajstić information content (AvgIpc) is 2.76. The van der Waals surface area contributed by atoms with Gasteiger partial charge in [-0.05, 0) is 30.7 Å². The van der Waals surface area contributed by atoms with Crippen LogP contribution in [0, 0.1) is 18.3 Å². The molecule has 0 spiro atoms. The van der Waals surface area contributed by atoms with Crippen molar-refractivity contribution in [3.8, 4) is 28.7 Å². The average molecular weight is 423 g/mol. The Bertz CT molecular complexity index is 1030. The molecule has 6 heteroatoms. The zero-order valence-corrected chi connectivity index (χ0v) is 17.8. The van der Waals surface area contributed by atoms with Crippen LogP contribution in [0.3, 0.4) is 0 Å². The fourth-order valence-corrected chi connectivity index (χ4v) is 3.31. The molecule has 3 aromatic rings. The number of nitriles is 1. The summed E-state index contributed by atoms with van der Waals surface area (Å²) < 4.78 is 17.1. The molecule has 0 aliphatic carbocycles. The van der Waals surface area contributed by atoms with Gasteiger partial charge in [-0.3, -0.25) is 0 Å². The maximum absolute atomic E-state index is 9.55. The van der Waals surface area contributed by atoms with Gasteiger partial charge in [-0.1, -0.05) is 41.9 Å². The minimum atomic E-state index is 0.184. The van der Waals surface area contributed by atoms with Crippen LogP contribution in [0.15, 0.2) is 54.6 Å². The number of hydrogen-bond acceptors (Lipinski definition) is 5. The smallest absolute Gasteiger partial charge is 0.147 e. The monoisotopic (exact) mass is 422 g/mol. The van der Waals surface area contributed by atoms with Crippen molar-refractivity contribution in [3.05, 3.63) is 76.6 Å². The summed E-state index contributed by atoms with van der Waals surface area (Å²) in [5, 5.41) is 9.74. The second-order valence-corrected chi connectivity index (χ2v) is 7.05. The molecule has 1 aromatic heterocycles. The standard InChI is InChI=1S/C24H23ClN2O3/c1-17-13-21(22(15-26)24(25)27-17)20-10-9-19(28-2)14-23(20)30-12-6-11-29-16-18-7-4-3-5-8-18/h3-5,7-10,13-14H,6,11-12,16H2,1-2H3. The minimum Gasteiger partial charge on any atom is -0.497 e. The lowest BCUT2D eigenvalue weighted by Gasteiger charge is -2.15. The highest BCUT2D eigenvalue weighted by Crippen LogP contribution is 2.37. The van der Waals surface area contributed by atoms with E-state index in [1.165, 1.54) is 0 Å². The molecule has 0 saturated heterocycles. The molecule has 0 bridgehead atoms. The molecule has 0 fully saturated rings. The van der Waals surface area contributed by atoms with Gasteiger partial charge < -0.3 is 14.2 Å². The van der Waals surface area contributed by atoms with E-state index < -0.39 is 0 Å². The van der Waals surface area contributed by atoms with E-state index in [4.69, 9.17) is 25.8 Å². The number of pyridine rings is 1. The third-order valence-electron chi connectivity index (χ3n) is 4.50. The first kappa shape index (κ1) is 21.6. The fourth-order valence-electron chi connectivity index (χ4n) is 3.03. The van der Waals surface area contributed by atoms with Crippen LogP contribution in [0.25, 0.3) is 11.1 Å². The Labute approximate surface area is 181 Å².